The molecule has 0 amide bonds. The van der Waals surface area contributed by atoms with Crippen LogP contribution < -0.4 is 5.73 Å². The maximum Gasteiger partial charge on any atom is 0.214 e. The van der Waals surface area contributed by atoms with Crippen molar-refractivity contribution >= 4 is 17.4 Å². The lowest BCUT2D eigenvalue weighted by Crippen LogP contribution is -1.91. The van der Waals surface area contributed by atoms with Gasteiger partial charge in [-0.3, -0.25) is 0 Å². The predicted octanol–water partition coefficient (Wildman–Crippen LogP) is 3.03. The largest absolute Gasteiger partial charge is 0.380 e. The maximum absolute atomic E-state index is 6.18. The second-order valence-electron chi connectivity index (χ2n) is 3.82. The molecule has 0 unspecified atom stereocenters. The molecule has 3 rings (SSSR count). The van der Waals surface area contributed by atoms with Crippen molar-refractivity contribution in [2.45, 2.75) is 0 Å². The normalized spacial score (nSPS) is 10.6. The van der Waals surface area contributed by atoms with Gasteiger partial charge in [0.05, 0.1) is 5.56 Å². The monoisotopic (exact) mass is 272 g/mol. The molecule has 0 saturated heterocycles. The van der Waals surface area contributed by atoms with Crippen LogP contribution in [0.1, 0.15) is 0 Å². The Labute approximate surface area is 114 Å². The van der Waals surface area contributed by atoms with Gasteiger partial charge in [-0.25, -0.2) is 9.97 Å². The zero-order chi connectivity index (χ0) is 13.2. The Bertz CT molecular complexity index is 712. The molecule has 2 heterocycles. The minimum atomic E-state index is 0.260. The average Bonchev–Trinajstić information content (AvgIpc) is 2.82. The fourth-order valence-corrected chi connectivity index (χ4v) is 2.03. The number of rotatable bonds is 2. The first-order valence-corrected chi connectivity index (χ1v) is 5.92. The highest BCUT2D eigenvalue weighted by Gasteiger charge is 2.21. The molecule has 0 atom stereocenters. The van der Waals surface area contributed by atoms with E-state index in [0.717, 1.165) is 5.56 Å². The van der Waals surface area contributed by atoms with Crippen LogP contribution in [-0.4, -0.2) is 15.1 Å². The maximum atomic E-state index is 6.18. The van der Waals surface area contributed by atoms with E-state index in [9.17, 15) is 0 Å². The summed E-state index contributed by atoms with van der Waals surface area (Å²) in [5, 5.41) is 4.34. The van der Waals surface area contributed by atoms with Crippen molar-refractivity contribution < 1.29 is 4.52 Å². The van der Waals surface area contributed by atoms with Gasteiger partial charge < -0.3 is 10.3 Å². The summed E-state index contributed by atoms with van der Waals surface area (Å²) in [6, 6.07) is 9.05. The van der Waals surface area contributed by atoms with Crippen LogP contribution in [0.15, 0.2) is 47.2 Å². The number of nitrogens with two attached hydrogens (primary N) is 1. The number of benzene rings is 1. The standard InChI is InChI=1S/C13H9ClN4O/c14-9-5-2-1-4-8(9)10-11(19-18-12(10)15)13-16-6-3-7-17-13/h1-7H,(H2,15,18). The first-order valence-electron chi connectivity index (χ1n) is 5.55. The predicted molar refractivity (Wildman–Crippen MR) is 72.4 cm³/mol. The summed E-state index contributed by atoms with van der Waals surface area (Å²) in [5.74, 6) is 1.09. The van der Waals surface area contributed by atoms with Crippen LogP contribution in [0.25, 0.3) is 22.7 Å². The van der Waals surface area contributed by atoms with Crippen molar-refractivity contribution in [1.82, 2.24) is 15.1 Å². The Morgan fingerprint density at radius 1 is 1.05 bits per heavy atom. The second kappa shape index (κ2) is 4.70. The second-order valence-corrected chi connectivity index (χ2v) is 4.23. The van der Waals surface area contributed by atoms with E-state index >= 15 is 0 Å². The molecule has 0 fully saturated rings. The van der Waals surface area contributed by atoms with Gasteiger partial charge >= 0.3 is 0 Å². The molecule has 0 bridgehead atoms. The van der Waals surface area contributed by atoms with E-state index in [4.69, 9.17) is 21.9 Å². The number of aromatic nitrogens is 3. The highest BCUT2D eigenvalue weighted by atomic mass is 35.5. The fourth-order valence-electron chi connectivity index (χ4n) is 1.80. The van der Waals surface area contributed by atoms with E-state index in [1.165, 1.54) is 0 Å². The van der Waals surface area contributed by atoms with Crippen LogP contribution in [0, 0.1) is 0 Å². The van der Waals surface area contributed by atoms with Crippen LogP contribution in [-0.2, 0) is 0 Å². The van der Waals surface area contributed by atoms with Crippen molar-refractivity contribution in [3.8, 4) is 22.7 Å². The van der Waals surface area contributed by atoms with Gasteiger partial charge in [-0.1, -0.05) is 35.0 Å². The summed E-state index contributed by atoms with van der Waals surface area (Å²) >= 11 is 6.18. The molecule has 6 heteroatoms. The Hall–Kier alpha value is -2.40. The van der Waals surface area contributed by atoms with Crippen LogP contribution in [0.2, 0.25) is 5.02 Å². The van der Waals surface area contributed by atoms with Crippen molar-refractivity contribution in [3.63, 3.8) is 0 Å². The SMILES string of the molecule is Nc1noc(-c2ncccn2)c1-c1ccccc1Cl. The Morgan fingerprint density at radius 2 is 1.79 bits per heavy atom. The summed E-state index contributed by atoms with van der Waals surface area (Å²) in [5.41, 5.74) is 7.21. The molecule has 0 radical (unpaired) electrons. The lowest BCUT2D eigenvalue weighted by atomic mass is 10.1. The molecule has 2 N–H and O–H groups in total. The molecule has 0 aliphatic rings. The van der Waals surface area contributed by atoms with Gasteiger partial charge in [-0.15, -0.1) is 0 Å². The molecule has 0 aliphatic carbocycles. The summed E-state index contributed by atoms with van der Waals surface area (Å²) < 4.78 is 5.23. The van der Waals surface area contributed by atoms with Crippen LogP contribution in [0.3, 0.4) is 0 Å². The molecule has 94 valence electrons. The van der Waals surface area contributed by atoms with Gasteiger partial charge in [-0.05, 0) is 12.1 Å². The lowest BCUT2D eigenvalue weighted by molar-refractivity contribution is 0.433. The molecule has 1 aromatic carbocycles. The van der Waals surface area contributed by atoms with E-state index < -0.39 is 0 Å². The highest BCUT2D eigenvalue weighted by Crippen LogP contribution is 2.38. The summed E-state index contributed by atoms with van der Waals surface area (Å²) in [4.78, 5) is 8.27. The van der Waals surface area contributed by atoms with E-state index in [0.29, 0.717) is 22.2 Å². The zero-order valence-corrected chi connectivity index (χ0v) is 10.5. The van der Waals surface area contributed by atoms with Gasteiger partial charge in [0.25, 0.3) is 0 Å². The smallest absolute Gasteiger partial charge is 0.214 e. The number of nitrogens with zero attached hydrogens (tertiary/aromatic N) is 3. The van der Waals surface area contributed by atoms with Gasteiger partial charge in [-0.2, -0.15) is 0 Å². The van der Waals surface area contributed by atoms with E-state index in [-0.39, 0.29) is 5.82 Å². The Kier molecular flexibility index (Phi) is 2.89. The van der Waals surface area contributed by atoms with Crippen molar-refractivity contribution in [2.24, 2.45) is 0 Å². The van der Waals surface area contributed by atoms with Crippen LogP contribution >= 0.6 is 11.6 Å². The fraction of sp³-hybridized carbons (Fsp3) is 0. The molecule has 0 spiro atoms. The number of hydrogen-bond donors (Lipinski definition) is 1. The third-order valence-electron chi connectivity index (χ3n) is 2.63. The van der Waals surface area contributed by atoms with Gasteiger partial charge in [0.2, 0.25) is 5.76 Å². The van der Waals surface area contributed by atoms with Crippen molar-refractivity contribution in [2.75, 3.05) is 5.73 Å². The number of halogens is 1. The lowest BCUT2D eigenvalue weighted by Gasteiger charge is -2.03. The summed E-state index contributed by atoms with van der Waals surface area (Å²) in [6.45, 7) is 0. The van der Waals surface area contributed by atoms with Crippen LogP contribution in [0.4, 0.5) is 5.82 Å². The third kappa shape index (κ3) is 2.04. The van der Waals surface area contributed by atoms with Gasteiger partial charge in [0, 0.05) is 23.0 Å². The van der Waals surface area contributed by atoms with Crippen molar-refractivity contribution in [3.05, 3.63) is 47.7 Å². The van der Waals surface area contributed by atoms with E-state index in [1.807, 2.05) is 18.2 Å². The van der Waals surface area contributed by atoms with Crippen LogP contribution in [0.5, 0.6) is 0 Å². The first kappa shape index (κ1) is 11.7. The molecule has 3 aromatic rings. The Balaban J connectivity index is 2.23. The number of nitrogen functional groups attached to an aromatic ring is 1. The van der Waals surface area contributed by atoms with E-state index in [2.05, 4.69) is 15.1 Å². The minimum Gasteiger partial charge on any atom is -0.380 e. The molecule has 0 saturated carbocycles. The van der Waals surface area contributed by atoms with Crippen molar-refractivity contribution in [1.29, 1.82) is 0 Å². The molecular weight excluding hydrogens is 264 g/mol. The molecule has 5 nitrogen and oxygen atoms in total. The molecule has 2 aromatic heterocycles. The first-order chi connectivity index (χ1) is 9.27. The minimum absolute atomic E-state index is 0.260. The summed E-state index contributed by atoms with van der Waals surface area (Å²) in [6.07, 6.45) is 3.24. The molecule has 0 aliphatic heterocycles. The Morgan fingerprint density at radius 3 is 2.53 bits per heavy atom. The molecular formula is C13H9ClN4O. The number of hydrogen-bond acceptors (Lipinski definition) is 5. The quantitative estimate of drug-likeness (QED) is 0.776. The topological polar surface area (TPSA) is 77.8 Å². The average molecular weight is 273 g/mol. The zero-order valence-electron chi connectivity index (χ0n) is 9.75. The molecule has 19 heavy (non-hydrogen) atoms. The number of anilines is 1. The van der Waals surface area contributed by atoms with Gasteiger partial charge in [0.15, 0.2) is 11.6 Å². The highest BCUT2D eigenvalue weighted by molar-refractivity contribution is 6.33. The summed E-state index contributed by atoms with van der Waals surface area (Å²) in [7, 11) is 0. The third-order valence-corrected chi connectivity index (χ3v) is 2.96. The van der Waals surface area contributed by atoms with Gasteiger partial charge in [0.1, 0.15) is 0 Å². The van der Waals surface area contributed by atoms with E-state index in [1.54, 1.807) is 24.5 Å².